The summed E-state index contributed by atoms with van der Waals surface area (Å²) < 4.78 is 1.53. The van der Waals surface area contributed by atoms with E-state index in [1.165, 1.54) is 9.58 Å². The third kappa shape index (κ3) is 2.92. The fourth-order valence-corrected chi connectivity index (χ4v) is 2.32. The highest BCUT2D eigenvalue weighted by Crippen LogP contribution is 2.18. The lowest BCUT2D eigenvalue weighted by molar-refractivity contribution is 0.0821. The fraction of sp³-hybridized carbons (Fsp3) is 0.286. The highest BCUT2D eigenvalue weighted by atomic mass is 32.1. The van der Waals surface area contributed by atoms with Crippen molar-refractivity contribution in [3.63, 3.8) is 0 Å². The fourth-order valence-electron chi connectivity index (χ4n) is 2.07. The quantitative estimate of drug-likeness (QED) is 0.863. The summed E-state index contributed by atoms with van der Waals surface area (Å²) in [5.74, 6) is 0.368. The molecule has 21 heavy (non-hydrogen) atoms. The predicted octanol–water partition coefficient (Wildman–Crippen LogP) is 1.22. The maximum atomic E-state index is 11.9. The number of carbonyl (C=O) groups excluding carboxylic acids is 1. The number of rotatable bonds is 3. The first kappa shape index (κ1) is 15.1. The lowest BCUT2D eigenvalue weighted by Crippen LogP contribution is -2.22. The second-order valence-electron chi connectivity index (χ2n) is 4.99. The lowest BCUT2D eigenvalue weighted by Gasteiger charge is -2.12. The van der Waals surface area contributed by atoms with Crippen molar-refractivity contribution in [2.24, 2.45) is 5.73 Å². The molecule has 0 aliphatic rings. The lowest BCUT2D eigenvalue weighted by atomic mass is 10.1. The number of thiocarbonyl (C=S) groups is 1. The minimum Gasteiger partial charge on any atom is -0.389 e. The van der Waals surface area contributed by atoms with Crippen LogP contribution in [0.1, 0.15) is 27.3 Å². The third-order valence-corrected chi connectivity index (χ3v) is 3.21. The SMILES string of the molecule is Cc1cc(C)c(C(N)=S)c(-n2ccc(C(=O)N(C)C)n2)n1. The first-order chi connectivity index (χ1) is 9.81. The molecule has 0 aliphatic heterocycles. The molecule has 0 saturated carbocycles. The van der Waals surface area contributed by atoms with Crippen molar-refractivity contribution >= 4 is 23.1 Å². The van der Waals surface area contributed by atoms with Crippen LogP contribution in [-0.4, -0.2) is 44.7 Å². The maximum absolute atomic E-state index is 11.9. The van der Waals surface area contributed by atoms with E-state index in [0.29, 0.717) is 17.1 Å². The molecule has 0 aromatic carbocycles. The zero-order chi connectivity index (χ0) is 15.7. The molecule has 0 fully saturated rings. The normalized spacial score (nSPS) is 10.5. The summed E-state index contributed by atoms with van der Waals surface area (Å²) in [6, 6.07) is 3.55. The molecule has 2 aromatic heterocycles. The Balaban J connectivity index is 2.57. The summed E-state index contributed by atoms with van der Waals surface area (Å²) in [5.41, 5.74) is 8.57. The molecule has 2 N–H and O–H groups in total. The third-order valence-electron chi connectivity index (χ3n) is 3.00. The Bertz CT molecular complexity index is 720. The number of aryl methyl sites for hydroxylation is 2. The number of nitrogens with zero attached hydrogens (tertiary/aromatic N) is 4. The van der Waals surface area contributed by atoms with Gasteiger partial charge in [0.25, 0.3) is 5.91 Å². The number of pyridine rings is 1. The molecule has 0 spiro atoms. The second kappa shape index (κ2) is 5.61. The largest absolute Gasteiger partial charge is 0.389 e. The van der Waals surface area contributed by atoms with Crippen LogP contribution in [0.25, 0.3) is 5.82 Å². The van der Waals surface area contributed by atoms with Gasteiger partial charge in [-0.3, -0.25) is 4.79 Å². The van der Waals surface area contributed by atoms with E-state index in [0.717, 1.165) is 11.3 Å². The van der Waals surface area contributed by atoms with Gasteiger partial charge < -0.3 is 10.6 Å². The van der Waals surface area contributed by atoms with Gasteiger partial charge in [0.2, 0.25) is 0 Å². The minimum atomic E-state index is -0.171. The van der Waals surface area contributed by atoms with Gasteiger partial charge in [0.1, 0.15) is 4.99 Å². The molecule has 0 unspecified atom stereocenters. The topological polar surface area (TPSA) is 77.0 Å². The summed E-state index contributed by atoms with van der Waals surface area (Å²) in [6.45, 7) is 3.80. The molecule has 2 rings (SSSR count). The van der Waals surface area contributed by atoms with Crippen LogP contribution >= 0.6 is 12.2 Å². The summed E-state index contributed by atoms with van der Waals surface area (Å²) in [5, 5.41) is 4.27. The van der Waals surface area contributed by atoms with Crippen molar-refractivity contribution in [3.8, 4) is 5.82 Å². The van der Waals surface area contributed by atoms with E-state index >= 15 is 0 Å². The van der Waals surface area contributed by atoms with Gasteiger partial charge in [-0.1, -0.05) is 12.2 Å². The number of nitrogens with two attached hydrogens (primary N) is 1. The van der Waals surface area contributed by atoms with Gasteiger partial charge in [-0.25, -0.2) is 9.67 Å². The molecule has 6 nitrogen and oxygen atoms in total. The van der Waals surface area contributed by atoms with Crippen molar-refractivity contribution in [3.05, 3.63) is 40.8 Å². The van der Waals surface area contributed by atoms with E-state index in [9.17, 15) is 4.79 Å². The van der Waals surface area contributed by atoms with Gasteiger partial charge in [-0.05, 0) is 31.5 Å². The highest BCUT2D eigenvalue weighted by molar-refractivity contribution is 7.80. The highest BCUT2D eigenvalue weighted by Gasteiger charge is 2.17. The Morgan fingerprint density at radius 2 is 2.05 bits per heavy atom. The van der Waals surface area contributed by atoms with Crippen LogP contribution in [0.5, 0.6) is 0 Å². The molecular formula is C14H17N5OS. The maximum Gasteiger partial charge on any atom is 0.273 e. The molecule has 0 atom stereocenters. The minimum absolute atomic E-state index is 0.171. The molecule has 1 amide bonds. The molecule has 0 aliphatic carbocycles. The predicted molar refractivity (Wildman–Crippen MR) is 84.7 cm³/mol. The van der Waals surface area contributed by atoms with Crippen molar-refractivity contribution in [2.45, 2.75) is 13.8 Å². The van der Waals surface area contributed by atoms with Crippen LogP contribution in [0, 0.1) is 13.8 Å². The Morgan fingerprint density at radius 3 is 2.62 bits per heavy atom. The number of amides is 1. The first-order valence-electron chi connectivity index (χ1n) is 6.37. The van der Waals surface area contributed by atoms with Crippen molar-refractivity contribution in [1.29, 1.82) is 0 Å². The van der Waals surface area contributed by atoms with Gasteiger partial charge in [0.05, 0.1) is 5.56 Å². The average molecular weight is 303 g/mol. The van der Waals surface area contributed by atoms with Crippen LogP contribution < -0.4 is 5.73 Å². The molecule has 110 valence electrons. The smallest absolute Gasteiger partial charge is 0.273 e. The Labute approximate surface area is 128 Å². The summed E-state index contributed by atoms with van der Waals surface area (Å²) in [4.78, 5) is 18.1. The van der Waals surface area contributed by atoms with E-state index in [-0.39, 0.29) is 10.9 Å². The Hall–Kier alpha value is -2.28. The van der Waals surface area contributed by atoms with Gasteiger partial charge >= 0.3 is 0 Å². The van der Waals surface area contributed by atoms with E-state index in [1.54, 1.807) is 26.4 Å². The van der Waals surface area contributed by atoms with Crippen LogP contribution in [0.2, 0.25) is 0 Å². The molecule has 0 bridgehead atoms. The van der Waals surface area contributed by atoms with Crippen molar-refractivity contribution in [2.75, 3.05) is 14.1 Å². The summed E-state index contributed by atoms with van der Waals surface area (Å²) >= 11 is 5.10. The molecular weight excluding hydrogens is 286 g/mol. The summed E-state index contributed by atoms with van der Waals surface area (Å²) in [6.07, 6.45) is 1.68. The molecule has 7 heteroatoms. The van der Waals surface area contributed by atoms with Gasteiger partial charge in [-0.15, -0.1) is 0 Å². The molecule has 2 aromatic rings. The number of carbonyl (C=O) groups is 1. The molecule has 2 heterocycles. The van der Waals surface area contributed by atoms with Crippen LogP contribution in [0.4, 0.5) is 0 Å². The zero-order valence-electron chi connectivity index (χ0n) is 12.4. The first-order valence-corrected chi connectivity index (χ1v) is 6.78. The Kier molecular flexibility index (Phi) is 4.04. The van der Waals surface area contributed by atoms with Gasteiger partial charge in [0.15, 0.2) is 11.5 Å². The van der Waals surface area contributed by atoms with E-state index in [4.69, 9.17) is 18.0 Å². The zero-order valence-corrected chi connectivity index (χ0v) is 13.2. The van der Waals surface area contributed by atoms with E-state index in [1.807, 2.05) is 19.9 Å². The van der Waals surface area contributed by atoms with Gasteiger partial charge in [0, 0.05) is 26.0 Å². The molecule has 0 saturated heterocycles. The number of aromatic nitrogens is 3. The van der Waals surface area contributed by atoms with Gasteiger partial charge in [-0.2, -0.15) is 5.10 Å². The van der Waals surface area contributed by atoms with Crippen molar-refractivity contribution in [1.82, 2.24) is 19.7 Å². The van der Waals surface area contributed by atoms with E-state index < -0.39 is 0 Å². The number of hydrogen-bond acceptors (Lipinski definition) is 4. The van der Waals surface area contributed by atoms with Crippen LogP contribution in [0.3, 0.4) is 0 Å². The van der Waals surface area contributed by atoms with Crippen molar-refractivity contribution < 1.29 is 4.79 Å². The van der Waals surface area contributed by atoms with Crippen LogP contribution in [-0.2, 0) is 0 Å². The molecule has 0 radical (unpaired) electrons. The van der Waals surface area contributed by atoms with E-state index in [2.05, 4.69) is 10.1 Å². The monoisotopic (exact) mass is 303 g/mol. The standard InChI is InChI=1S/C14H17N5OS/c1-8-7-9(2)16-13(11(8)12(15)21)19-6-5-10(17-19)14(20)18(3)4/h5-7H,1-4H3,(H2,15,21). The Morgan fingerprint density at radius 1 is 1.38 bits per heavy atom. The average Bonchev–Trinajstić information content (AvgIpc) is 2.85. The second-order valence-corrected chi connectivity index (χ2v) is 5.43. The summed E-state index contributed by atoms with van der Waals surface area (Å²) in [7, 11) is 3.35. The number of hydrogen-bond donors (Lipinski definition) is 1. The van der Waals surface area contributed by atoms with Crippen LogP contribution in [0.15, 0.2) is 18.3 Å².